The van der Waals surface area contributed by atoms with Crippen LogP contribution in [0.1, 0.15) is 16.5 Å². The van der Waals surface area contributed by atoms with Crippen LogP contribution in [-0.2, 0) is 25.5 Å². The molecule has 9 nitrogen and oxygen atoms in total. The van der Waals surface area contributed by atoms with Gasteiger partial charge in [0.15, 0.2) is 0 Å². The average Bonchev–Trinajstić information content (AvgIpc) is 3.33. The Hall–Kier alpha value is -3.50. The molecule has 0 radical (unpaired) electrons. The fourth-order valence-corrected chi connectivity index (χ4v) is 4.77. The van der Waals surface area contributed by atoms with E-state index < -0.39 is 18.0 Å². The lowest BCUT2D eigenvalue weighted by Gasteiger charge is -2.35. The number of hydrogen-bond acceptors (Lipinski definition) is 7. The van der Waals surface area contributed by atoms with Gasteiger partial charge in [-0.05, 0) is 23.4 Å². The SMILES string of the molecule is COC(=O)C1=C(CN2CC(=O)N(CCc3ccccc3)C(=O)C2)NC(=O)N[C@@H]1c1cccs1. The molecule has 0 saturated carbocycles. The van der Waals surface area contributed by atoms with Crippen LogP contribution in [0.5, 0.6) is 0 Å². The summed E-state index contributed by atoms with van der Waals surface area (Å²) in [5, 5.41) is 7.26. The van der Waals surface area contributed by atoms with Crippen molar-refractivity contribution in [1.29, 1.82) is 0 Å². The molecule has 172 valence electrons. The second-order valence-electron chi connectivity index (χ2n) is 7.75. The van der Waals surface area contributed by atoms with Crippen LogP contribution < -0.4 is 10.6 Å². The maximum Gasteiger partial charge on any atom is 0.338 e. The van der Waals surface area contributed by atoms with Gasteiger partial charge in [-0.15, -0.1) is 11.3 Å². The van der Waals surface area contributed by atoms with E-state index in [-0.39, 0.29) is 37.0 Å². The highest BCUT2D eigenvalue weighted by atomic mass is 32.1. The van der Waals surface area contributed by atoms with E-state index in [9.17, 15) is 19.2 Å². The lowest BCUT2D eigenvalue weighted by molar-refractivity contribution is -0.151. The molecule has 1 saturated heterocycles. The van der Waals surface area contributed by atoms with E-state index in [1.165, 1.54) is 23.3 Å². The molecule has 3 heterocycles. The molecule has 1 aromatic carbocycles. The molecule has 0 unspecified atom stereocenters. The van der Waals surface area contributed by atoms with Crippen molar-refractivity contribution in [3.8, 4) is 0 Å². The number of piperazine rings is 1. The number of methoxy groups -OCH3 is 1. The van der Waals surface area contributed by atoms with Gasteiger partial charge in [0, 0.05) is 23.7 Å². The number of amides is 4. The Morgan fingerprint density at radius 2 is 1.82 bits per heavy atom. The zero-order valence-corrected chi connectivity index (χ0v) is 18.9. The minimum atomic E-state index is -0.667. The average molecular weight is 469 g/mol. The third-order valence-electron chi connectivity index (χ3n) is 5.56. The van der Waals surface area contributed by atoms with E-state index in [2.05, 4.69) is 10.6 Å². The molecule has 4 rings (SSSR count). The van der Waals surface area contributed by atoms with Crippen molar-refractivity contribution in [2.45, 2.75) is 12.5 Å². The molecule has 2 aromatic rings. The number of hydrogen-bond donors (Lipinski definition) is 2. The highest BCUT2D eigenvalue weighted by Crippen LogP contribution is 2.31. The molecule has 2 aliphatic heterocycles. The summed E-state index contributed by atoms with van der Waals surface area (Å²) in [6.07, 6.45) is 0.584. The highest BCUT2D eigenvalue weighted by molar-refractivity contribution is 7.10. The van der Waals surface area contributed by atoms with Crippen LogP contribution >= 0.6 is 11.3 Å². The third-order valence-corrected chi connectivity index (χ3v) is 6.49. The number of nitrogens with one attached hydrogen (secondary N) is 2. The first-order valence-corrected chi connectivity index (χ1v) is 11.4. The molecule has 1 aromatic heterocycles. The van der Waals surface area contributed by atoms with Gasteiger partial charge in [-0.2, -0.15) is 0 Å². The third kappa shape index (κ3) is 5.12. The number of nitrogens with zero attached hydrogens (tertiary/aromatic N) is 2. The molecule has 10 heteroatoms. The van der Waals surface area contributed by atoms with Gasteiger partial charge >= 0.3 is 12.0 Å². The van der Waals surface area contributed by atoms with E-state index in [0.717, 1.165) is 10.4 Å². The van der Waals surface area contributed by atoms with Crippen LogP contribution in [0.3, 0.4) is 0 Å². The number of ether oxygens (including phenoxy) is 1. The quantitative estimate of drug-likeness (QED) is 0.470. The number of urea groups is 1. The Morgan fingerprint density at radius 1 is 1.09 bits per heavy atom. The molecule has 33 heavy (non-hydrogen) atoms. The van der Waals surface area contributed by atoms with Crippen molar-refractivity contribution in [2.24, 2.45) is 0 Å². The van der Waals surface area contributed by atoms with Crippen LogP contribution in [-0.4, -0.2) is 66.9 Å². The number of imide groups is 1. The molecular weight excluding hydrogens is 444 g/mol. The lowest BCUT2D eigenvalue weighted by atomic mass is 10.0. The van der Waals surface area contributed by atoms with Gasteiger partial charge in [0.25, 0.3) is 0 Å². The van der Waals surface area contributed by atoms with Crippen LogP contribution in [0.15, 0.2) is 59.1 Å². The first-order chi connectivity index (χ1) is 16.0. The molecular formula is C23H24N4O5S. The van der Waals surface area contributed by atoms with Crippen molar-refractivity contribution in [1.82, 2.24) is 20.4 Å². The monoisotopic (exact) mass is 468 g/mol. The number of carbonyl (C=O) groups excluding carboxylic acids is 4. The van der Waals surface area contributed by atoms with E-state index in [4.69, 9.17) is 4.74 Å². The van der Waals surface area contributed by atoms with Gasteiger partial charge in [-0.1, -0.05) is 36.4 Å². The smallest absolute Gasteiger partial charge is 0.338 e. The number of rotatable bonds is 7. The van der Waals surface area contributed by atoms with Gasteiger partial charge in [-0.3, -0.25) is 19.4 Å². The van der Waals surface area contributed by atoms with E-state index in [0.29, 0.717) is 18.7 Å². The first-order valence-electron chi connectivity index (χ1n) is 10.5. The van der Waals surface area contributed by atoms with Gasteiger partial charge < -0.3 is 15.4 Å². The predicted octanol–water partition coefficient (Wildman–Crippen LogP) is 1.44. The largest absolute Gasteiger partial charge is 0.466 e. The fraction of sp³-hybridized carbons (Fsp3) is 0.304. The number of thiophene rings is 1. The van der Waals surface area contributed by atoms with Crippen LogP contribution in [0.25, 0.3) is 0 Å². The Balaban J connectivity index is 1.50. The summed E-state index contributed by atoms with van der Waals surface area (Å²) in [7, 11) is 1.27. The van der Waals surface area contributed by atoms with Gasteiger partial charge in [0.2, 0.25) is 11.8 Å². The van der Waals surface area contributed by atoms with Crippen molar-refractivity contribution < 1.29 is 23.9 Å². The molecule has 0 bridgehead atoms. The zero-order chi connectivity index (χ0) is 23.4. The van der Waals surface area contributed by atoms with Gasteiger partial charge in [0.1, 0.15) is 0 Å². The predicted molar refractivity (Wildman–Crippen MR) is 121 cm³/mol. The Kier molecular flexibility index (Phi) is 6.85. The van der Waals surface area contributed by atoms with Crippen LogP contribution in [0.2, 0.25) is 0 Å². The molecule has 2 N–H and O–H groups in total. The molecule has 4 amide bonds. The standard InChI is InChI=1S/C23H24N4O5S/c1-32-22(30)20-16(24-23(31)25-21(20)17-8-5-11-33-17)12-26-13-18(28)27(19(29)14-26)10-9-15-6-3-2-4-7-15/h2-8,11,21H,9-10,12-14H2,1H3,(H2,24,25,31)/t21-/m1/s1. The first kappa shape index (κ1) is 22.7. The summed E-state index contributed by atoms with van der Waals surface area (Å²) >= 11 is 1.40. The molecule has 0 spiro atoms. The Morgan fingerprint density at radius 3 is 2.45 bits per heavy atom. The lowest BCUT2D eigenvalue weighted by Crippen LogP contribution is -2.56. The van der Waals surface area contributed by atoms with Gasteiger partial charge in [-0.25, -0.2) is 9.59 Å². The number of benzene rings is 1. The summed E-state index contributed by atoms with van der Waals surface area (Å²) in [5.74, 6) is -1.20. The minimum absolute atomic E-state index is 0.00541. The summed E-state index contributed by atoms with van der Waals surface area (Å²) in [5.41, 5.74) is 1.62. The molecule has 0 aliphatic carbocycles. The van der Waals surface area contributed by atoms with Crippen LogP contribution in [0, 0.1) is 0 Å². The zero-order valence-electron chi connectivity index (χ0n) is 18.1. The van der Waals surface area contributed by atoms with Crippen molar-refractivity contribution >= 4 is 35.2 Å². The number of esters is 1. The normalized spacial score (nSPS) is 19.4. The van der Waals surface area contributed by atoms with Gasteiger partial charge in [0.05, 0.1) is 31.8 Å². The maximum atomic E-state index is 12.7. The van der Waals surface area contributed by atoms with E-state index in [1.807, 2.05) is 47.8 Å². The Labute approximate surface area is 195 Å². The van der Waals surface area contributed by atoms with E-state index >= 15 is 0 Å². The molecule has 2 aliphatic rings. The topological polar surface area (TPSA) is 108 Å². The minimum Gasteiger partial charge on any atom is -0.466 e. The Bertz CT molecular complexity index is 1070. The summed E-state index contributed by atoms with van der Waals surface area (Å²) in [6, 6.07) is 12.2. The molecule has 1 atom stereocenters. The van der Waals surface area contributed by atoms with Crippen molar-refractivity contribution in [3.63, 3.8) is 0 Å². The second-order valence-corrected chi connectivity index (χ2v) is 8.73. The maximum absolute atomic E-state index is 12.7. The van der Waals surface area contributed by atoms with Crippen LogP contribution in [0.4, 0.5) is 4.79 Å². The summed E-state index contributed by atoms with van der Waals surface area (Å²) < 4.78 is 4.96. The summed E-state index contributed by atoms with van der Waals surface area (Å²) in [4.78, 5) is 54.0. The summed E-state index contributed by atoms with van der Waals surface area (Å²) in [6.45, 7) is 0.382. The highest BCUT2D eigenvalue weighted by Gasteiger charge is 2.37. The number of carbonyl (C=O) groups is 4. The fourth-order valence-electron chi connectivity index (χ4n) is 3.98. The van der Waals surface area contributed by atoms with E-state index in [1.54, 1.807) is 4.90 Å². The van der Waals surface area contributed by atoms with Crippen molar-refractivity contribution in [3.05, 3.63) is 69.6 Å². The second kappa shape index (κ2) is 9.97. The van der Waals surface area contributed by atoms with Crippen molar-refractivity contribution in [2.75, 3.05) is 33.3 Å². The molecule has 1 fully saturated rings.